The van der Waals surface area contributed by atoms with Gasteiger partial charge in [0.2, 0.25) is 0 Å². The third-order valence-corrected chi connectivity index (χ3v) is 2.65. The molecule has 0 bridgehead atoms. The molecule has 0 spiro atoms. The lowest BCUT2D eigenvalue weighted by atomic mass is 9.97. The van der Waals surface area contributed by atoms with Gasteiger partial charge in [-0.3, -0.25) is 5.10 Å². The molecule has 2 N–H and O–H groups in total. The molecule has 0 aliphatic heterocycles. The topological polar surface area (TPSA) is 48.9 Å². The zero-order valence-corrected chi connectivity index (χ0v) is 7.23. The van der Waals surface area contributed by atoms with Gasteiger partial charge in [-0.15, -0.1) is 0 Å². The number of nitrogens with one attached hydrogen (secondary N) is 1. The largest absolute Gasteiger partial charge is 0.433 e. The van der Waals surface area contributed by atoms with E-state index in [9.17, 15) is 13.2 Å². The van der Waals surface area contributed by atoms with Gasteiger partial charge in [-0.1, -0.05) is 0 Å². The number of aliphatic hydroxyl groups is 1. The Balaban J connectivity index is 2.40. The zero-order chi connectivity index (χ0) is 10.4. The third-order valence-electron chi connectivity index (χ3n) is 2.65. The first-order valence-electron chi connectivity index (χ1n) is 4.21. The number of alkyl halides is 3. The van der Waals surface area contributed by atoms with E-state index in [1.807, 2.05) is 5.10 Å². The average molecular weight is 206 g/mol. The minimum absolute atomic E-state index is 0.0903. The van der Waals surface area contributed by atoms with Crippen molar-refractivity contribution in [3.8, 4) is 0 Å². The Morgan fingerprint density at radius 2 is 2.14 bits per heavy atom. The number of hydrogen-bond donors (Lipinski definition) is 2. The van der Waals surface area contributed by atoms with Gasteiger partial charge in [-0.25, -0.2) is 0 Å². The maximum absolute atomic E-state index is 12.4. The van der Waals surface area contributed by atoms with Crippen LogP contribution in [0.3, 0.4) is 0 Å². The molecule has 1 saturated carbocycles. The molecule has 2 rings (SSSR count). The van der Waals surface area contributed by atoms with E-state index in [0.29, 0.717) is 12.8 Å². The summed E-state index contributed by atoms with van der Waals surface area (Å²) in [6, 6.07) is 0. The predicted octanol–water partition coefficient (Wildman–Crippen LogP) is 1.45. The fraction of sp³-hybridized carbons (Fsp3) is 0.625. The van der Waals surface area contributed by atoms with Crippen molar-refractivity contribution >= 4 is 0 Å². The number of hydrogen-bond acceptors (Lipinski definition) is 2. The lowest BCUT2D eigenvalue weighted by molar-refractivity contribution is -0.142. The van der Waals surface area contributed by atoms with Crippen LogP contribution in [0.5, 0.6) is 0 Å². The molecular weight excluding hydrogens is 197 g/mol. The smallest absolute Gasteiger partial charge is 0.395 e. The van der Waals surface area contributed by atoms with Gasteiger partial charge in [-0.2, -0.15) is 18.3 Å². The summed E-state index contributed by atoms with van der Waals surface area (Å²) >= 11 is 0. The van der Waals surface area contributed by atoms with E-state index in [0.717, 1.165) is 6.20 Å². The molecule has 0 radical (unpaired) electrons. The molecular formula is C8H9F3N2O. The van der Waals surface area contributed by atoms with Gasteiger partial charge in [0.25, 0.3) is 0 Å². The number of halogens is 3. The number of aromatic amines is 1. The molecule has 0 unspecified atom stereocenters. The van der Waals surface area contributed by atoms with Gasteiger partial charge in [0.1, 0.15) is 5.69 Å². The van der Waals surface area contributed by atoms with E-state index < -0.39 is 17.3 Å². The highest BCUT2D eigenvalue weighted by Crippen LogP contribution is 2.50. The van der Waals surface area contributed by atoms with Gasteiger partial charge in [0, 0.05) is 11.0 Å². The quantitative estimate of drug-likeness (QED) is 0.769. The van der Waals surface area contributed by atoms with Crippen LogP contribution in [-0.4, -0.2) is 21.9 Å². The summed E-state index contributed by atoms with van der Waals surface area (Å²) in [4.78, 5) is 0. The minimum Gasteiger partial charge on any atom is -0.395 e. The predicted molar refractivity (Wildman–Crippen MR) is 41.6 cm³/mol. The first-order valence-corrected chi connectivity index (χ1v) is 4.21. The first kappa shape index (κ1) is 9.51. The molecule has 3 nitrogen and oxygen atoms in total. The molecule has 1 aromatic rings. The number of H-pyrrole nitrogens is 1. The van der Waals surface area contributed by atoms with Crippen LogP contribution in [0.25, 0.3) is 0 Å². The van der Waals surface area contributed by atoms with Crippen molar-refractivity contribution in [2.24, 2.45) is 0 Å². The first-order chi connectivity index (χ1) is 6.49. The third kappa shape index (κ3) is 1.30. The Bertz CT molecular complexity index is 341. The number of aromatic nitrogens is 2. The fourth-order valence-electron chi connectivity index (χ4n) is 1.57. The maximum Gasteiger partial charge on any atom is 0.433 e. The summed E-state index contributed by atoms with van der Waals surface area (Å²) in [7, 11) is 0. The number of rotatable bonds is 2. The monoisotopic (exact) mass is 206 g/mol. The van der Waals surface area contributed by atoms with E-state index in [-0.39, 0.29) is 12.2 Å². The highest BCUT2D eigenvalue weighted by Gasteiger charge is 2.50. The van der Waals surface area contributed by atoms with Crippen molar-refractivity contribution in [2.45, 2.75) is 24.4 Å². The second-order valence-electron chi connectivity index (χ2n) is 3.59. The molecule has 1 aliphatic carbocycles. The highest BCUT2D eigenvalue weighted by molar-refractivity contribution is 5.34. The van der Waals surface area contributed by atoms with Crippen LogP contribution in [0.15, 0.2) is 6.20 Å². The van der Waals surface area contributed by atoms with Crippen molar-refractivity contribution in [3.05, 3.63) is 17.5 Å². The number of aliphatic hydroxyl groups excluding tert-OH is 1. The van der Waals surface area contributed by atoms with Crippen LogP contribution >= 0.6 is 0 Å². The van der Waals surface area contributed by atoms with Crippen molar-refractivity contribution < 1.29 is 18.3 Å². The Labute approximate surface area is 77.9 Å². The van der Waals surface area contributed by atoms with Gasteiger partial charge in [0.15, 0.2) is 0 Å². The van der Waals surface area contributed by atoms with Crippen molar-refractivity contribution in [3.63, 3.8) is 0 Å². The van der Waals surface area contributed by atoms with E-state index in [4.69, 9.17) is 5.11 Å². The highest BCUT2D eigenvalue weighted by atomic mass is 19.4. The number of nitrogens with zero attached hydrogens (tertiary/aromatic N) is 1. The Morgan fingerprint density at radius 3 is 2.57 bits per heavy atom. The van der Waals surface area contributed by atoms with Gasteiger partial charge < -0.3 is 5.11 Å². The van der Waals surface area contributed by atoms with Crippen LogP contribution in [0.2, 0.25) is 0 Å². The van der Waals surface area contributed by atoms with Gasteiger partial charge in [-0.05, 0) is 12.8 Å². The van der Waals surface area contributed by atoms with Crippen LogP contribution < -0.4 is 0 Å². The van der Waals surface area contributed by atoms with E-state index >= 15 is 0 Å². The minimum atomic E-state index is -4.42. The van der Waals surface area contributed by atoms with Gasteiger partial charge in [0.05, 0.1) is 12.8 Å². The summed E-state index contributed by atoms with van der Waals surface area (Å²) in [5.41, 5.74) is -1.44. The molecule has 1 heterocycles. The van der Waals surface area contributed by atoms with Crippen molar-refractivity contribution in [2.75, 3.05) is 6.61 Å². The van der Waals surface area contributed by atoms with E-state index in [2.05, 4.69) is 5.10 Å². The molecule has 14 heavy (non-hydrogen) atoms. The molecule has 0 saturated heterocycles. The summed E-state index contributed by atoms with van der Waals surface area (Å²) in [5, 5.41) is 14.3. The molecule has 0 amide bonds. The summed E-state index contributed by atoms with van der Waals surface area (Å²) in [6.07, 6.45) is -2.08. The summed E-state index contributed by atoms with van der Waals surface area (Å²) < 4.78 is 37.3. The van der Waals surface area contributed by atoms with Crippen LogP contribution in [0.1, 0.15) is 24.1 Å². The van der Waals surface area contributed by atoms with Crippen LogP contribution in [-0.2, 0) is 11.6 Å². The molecule has 1 fully saturated rings. The fourth-order valence-corrected chi connectivity index (χ4v) is 1.57. The average Bonchev–Trinajstić information content (AvgIpc) is 2.72. The zero-order valence-electron chi connectivity index (χ0n) is 7.23. The lowest BCUT2D eigenvalue weighted by Gasteiger charge is -2.13. The Morgan fingerprint density at radius 1 is 1.50 bits per heavy atom. The normalized spacial score (nSPS) is 19.7. The SMILES string of the molecule is OCC1(c2cn[nH]c2C(F)(F)F)CC1. The molecule has 0 aromatic carbocycles. The summed E-state index contributed by atoms with van der Waals surface area (Å²) in [6.45, 7) is -0.254. The van der Waals surface area contributed by atoms with Crippen molar-refractivity contribution in [1.29, 1.82) is 0 Å². The standard InChI is InChI=1S/C8H9F3N2O/c9-8(10,11)6-5(3-12-13-6)7(4-14)1-2-7/h3,14H,1-2,4H2,(H,12,13). The van der Waals surface area contributed by atoms with E-state index in [1.165, 1.54) is 0 Å². The van der Waals surface area contributed by atoms with E-state index in [1.54, 1.807) is 0 Å². The van der Waals surface area contributed by atoms with Crippen LogP contribution in [0, 0.1) is 0 Å². The maximum atomic E-state index is 12.4. The lowest BCUT2D eigenvalue weighted by Crippen LogP contribution is -2.18. The molecule has 78 valence electrons. The molecule has 1 aliphatic rings. The molecule has 0 atom stereocenters. The molecule has 1 aromatic heterocycles. The Kier molecular flexibility index (Phi) is 1.85. The second kappa shape index (κ2) is 2.73. The second-order valence-corrected chi connectivity index (χ2v) is 3.59. The van der Waals surface area contributed by atoms with Crippen molar-refractivity contribution in [1.82, 2.24) is 10.2 Å². The van der Waals surface area contributed by atoms with Crippen LogP contribution in [0.4, 0.5) is 13.2 Å². The summed E-state index contributed by atoms with van der Waals surface area (Å²) in [5.74, 6) is 0. The van der Waals surface area contributed by atoms with Gasteiger partial charge >= 0.3 is 6.18 Å². The Hall–Kier alpha value is -1.04. The molecule has 6 heteroatoms.